The van der Waals surface area contributed by atoms with Crippen LogP contribution in [0.25, 0.3) is 0 Å². The summed E-state index contributed by atoms with van der Waals surface area (Å²) in [5.41, 5.74) is 9.49. The van der Waals surface area contributed by atoms with Gasteiger partial charge in [-0.2, -0.15) is 0 Å². The van der Waals surface area contributed by atoms with Crippen LogP contribution in [0.2, 0.25) is 0 Å². The number of anilines is 2. The van der Waals surface area contributed by atoms with Crippen molar-refractivity contribution in [1.82, 2.24) is 9.55 Å². The second kappa shape index (κ2) is 9.26. The van der Waals surface area contributed by atoms with E-state index in [2.05, 4.69) is 17.1 Å². The van der Waals surface area contributed by atoms with Crippen LogP contribution in [-0.4, -0.2) is 22.0 Å². The molecule has 1 aliphatic carbocycles. The number of nitrogens with two attached hydrogens (primary N) is 1. The number of nitrogen functional groups attached to an aromatic ring is 1. The number of carbonyl (C=O) groups is 1. The van der Waals surface area contributed by atoms with Gasteiger partial charge in [-0.05, 0) is 54.9 Å². The topological polar surface area (TPSA) is 101 Å². The van der Waals surface area contributed by atoms with Crippen molar-refractivity contribution >= 4 is 17.4 Å². The maximum atomic E-state index is 13.2. The average molecular weight is 433 g/mol. The third-order valence-electron chi connectivity index (χ3n) is 6.05. The van der Waals surface area contributed by atoms with Crippen molar-refractivity contribution in [3.63, 3.8) is 0 Å². The van der Waals surface area contributed by atoms with Crippen LogP contribution >= 0.6 is 0 Å². The fourth-order valence-electron chi connectivity index (χ4n) is 4.39. The SMILES string of the molecule is CCN(C(=O)Cc1ccc2c(c1)CCCC2)c1c(N)n(Cc2ccccc2)c(=O)[nH]c1=O. The summed E-state index contributed by atoms with van der Waals surface area (Å²) in [6, 6.07) is 15.5. The van der Waals surface area contributed by atoms with Crippen LogP contribution in [0.15, 0.2) is 58.1 Å². The van der Waals surface area contributed by atoms with Crippen molar-refractivity contribution in [3.8, 4) is 0 Å². The molecule has 4 rings (SSSR count). The molecular formula is C25H28N4O3. The van der Waals surface area contributed by atoms with Crippen LogP contribution in [0, 0.1) is 0 Å². The molecule has 1 heterocycles. The maximum absolute atomic E-state index is 13.2. The summed E-state index contributed by atoms with van der Waals surface area (Å²) in [6.45, 7) is 2.25. The molecule has 7 heteroatoms. The number of nitrogens with zero attached hydrogens (tertiary/aromatic N) is 2. The number of hydrogen-bond acceptors (Lipinski definition) is 4. The second-order valence-corrected chi connectivity index (χ2v) is 8.19. The molecule has 0 saturated heterocycles. The molecule has 166 valence electrons. The molecule has 0 radical (unpaired) electrons. The Morgan fingerprint density at radius 2 is 1.75 bits per heavy atom. The zero-order chi connectivity index (χ0) is 22.7. The van der Waals surface area contributed by atoms with Gasteiger partial charge in [0.25, 0.3) is 5.56 Å². The Morgan fingerprint density at radius 1 is 1.03 bits per heavy atom. The lowest BCUT2D eigenvalue weighted by molar-refractivity contribution is -0.117. The first-order valence-corrected chi connectivity index (χ1v) is 11.1. The Kier molecular flexibility index (Phi) is 6.25. The van der Waals surface area contributed by atoms with Gasteiger partial charge in [-0.15, -0.1) is 0 Å². The quantitative estimate of drug-likeness (QED) is 0.625. The van der Waals surface area contributed by atoms with E-state index in [1.807, 2.05) is 36.4 Å². The molecule has 3 aromatic rings. The van der Waals surface area contributed by atoms with E-state index in [-0.39, 0.29) is 36.9 Å². The standard InChI is InChI=1S/C25H28N4O3/c1-2-28(21(30)15-18-12-13-19-10-6-7-11-20(19)14-18)22-23(26)29(25(32)27-24(22)31)16-17-8-4-3-5-9-17/h3-5,8-9,12-14H,2,6-7,10-11,15-16,26H2,1H3,(H,27,31,32). The molecule has 0 spiro atoms. The van der Waals surface area contributed by atoms with Crippen molar-refractivity contribution in [1.29, 1.82) is 0 Å². The van der Waals surface area contributed by atoms with Gasteiger partial charge in [-0.1, -0.05) is 48.5 Å². The monoisotopic (exact) mass is 432 g/mol. The van der Waals surface area contributed by atoms with Crippen molar-refractivity contribution in [2.45, 2.75) is 45.6 Å². The number of fused-ring (bicyclic) bond motifs is 1. The van der Waals surface area contributed by atoms with E-state index in [4.69, 9.17) is 5.73 Å². The lowest BCUT2D eigenvalue weighted by Crippen LogP contribution is -2.41. The van der Waals surface area contributed by atoms with Gasteiger partial charge < -0.3 is 10.6 Å². The highest BCUT2D eigenvalue weighted by Crippen LogP contribution is 2.24. The van der Waals surface area contributed by atoms with Gasteiger partial charge in [-0.3, -0.25) is 19.1 Å². The molecule has 1 aliphatic rings. The Balaban J connectivity index is 1.64. The average Bonchev–Trinajstić information content (AvgIpc) is 2.80. The van der Waals surface area contributed by atoms with Gasteiger partial charge >= 0.3 is 5.69 Å². The highest BCUT2D eigenvalue weighted by molar-refractivity contribution is 5.96. The predicted octanol–water partition coefficient (Wildman–Crippen LogP) is 2.64. The molecule has 3 N–H and O–H groups in total. The minimum Gasteiger partial charge on any atom is -0.383 e. The van der Waals surface area contributed by atoms with Gasteiger partial charge in [0.05, 0.1) is 13.0 Å². The number of likely N-dealkylation sites (N-methyl/N-ethyl adjacent to an activating group) is 1. The fraction of sp³-hybridized carbons (Fsp3) is 0.320. The number of aromatic amines is 1. The van der Waals surface area contributed by atoms with Crippen LogP contribution in [0.1, 0.15) is 42.0 Å². The summed E-state index contributed by atoms with van der Waals surface area (Å²) < 4.78 is 1.29. The summed E-state index contributed by atoms with van der Waals surface area (Å²) in [5.74, 6) is -0.242. The van der Waals surface area contributed by atoms with Crippen LogP contribution in [0.5, 0.6) is 0 Å². The molecule has 1 aromatic heterocycles. The van der Waals surface area contributed by atoms with E-state index in [0.29, 0.717) is 0 Å². The number of nitrogens with one attached hydrogen (secondary N) is 1. The van der Waals surface area contributed by atoms with E-state index < -0.39 is 11.2 Å². The van der Waals surface area contributed by atoms with E-state index in [1.54, 1.807) is 6.92 Å². The first-order chi connectivity index (χ1) is 15.5. The smallest absolute Gasteiger partial charge is 0.330 e. The van der Waals surface area contributed by atoms with Crippen LogP contribution in [0.3, 0.4) is 0 Å². The van der Waals surface area contributed by atoms with E-state index in [1.165, 1.54) is 33.4 Å². The van der Waals surface area contributed by atoms with Crippen LogP contribution in [0.4, 0.5) is 11.5 Å². The van der Waals surface area contributed by atoms with Gasteiger partial charge in [0.2, 0.25) is 5.91 Å². The number of benzene rings is 2. The zero-order valence-corrected chi connectivity index (χ0v) is 18.3. The third kappa shape index (κ3) is 4.37. The molecule has 0 bridgehead atoms. The fourth-order valence-corrected chi connectivity index (χ4v) is 4.39. The largest absolute Gasteiger partial charge is 0.383 e. The summed E-state index contributed by atoms with van der Waals surface area (Å²) in [4.78, 5) is 42.0. The number of rotatable bonds is 6. The van der Waals surface area contributed by atoms with E-state index in [9.17, 15) is 14.4 Å². The second-order valence-electron chi connectivity index (χ2n) is 8.19. The van der Waals surface area contributed by atoms with E-state index in [0.717, 1.165) is 24.0 Å². The molecular weight excluding hydrogens is 404 g/mol. The molecule has 0 fully saturated rings. The summed E-state index contributed by atoms with van der Waals surface area (Å²) in [5, 5.41) is 0. The maximum Gasteiger partial charge on any atom is 0.330 e. The lowest BCUT2D eigenvalue weighted by Gasteiger charge is -2.24. The highest BCUT2D eigenvalue weighted by atomic mass is 16.2. The van der Waals surface area contributed by atoms with Crippen molar-refractivity contribution < 1.29 is 4.79 Å². The van der Waals surface area contributed by atoms with Gasteiger partial charge in [0.15, 0.2) is 5.69 Å². The minimum absolute atomic E-state index is 0.0109. The number of carbonyl (C=O) groups excluding carboxylic acids is 1. The first-order valence-electron chi connectivity index (χ1n) is 11.1. The third-order valence-corrected chi connectivity index (χ3v) is 6.05. The molecule has 0 atom stereocenters. The molecule has 1 amide bonds. The molecule has 2 aromatic carbocycles. The van der Waals surface area contributed by atoms with Crippen LogP contribution in [-0.2, 0) is 30.6 Å². The van der Waals surface area contributed by atoms with E-state index >= 15 is 0 Å². The number of H-pyrrole nitrogens is 1. The number of aryl methyl sites for hydroxylation is 2. The Bertz CT molecular complexity index is 1240. The molecule has 7 nitrogen and oxygen atoms in total. The zero-order valence-electron chi connectivity index (χ0n) is 18.3. The predicted molar refractivity (Wildman–Crippen MR) is 126 cm³/mol. The molecule has 0 aliphatic heterocycles. The lowest BCUT2D eigenvalue weighted by atomic mass is 9.90. The number of aromatic nitrogens is 2. The Labute approximate surface area is 186 Å². The summed E-state index contributed by atoms with van der Waals surface area (Å²) >= 11 is 0. The minimum atomic E-state index is -0.655. The van der Waals surface area contributed by atoms with Gasteiger partial charge in [-0.25, -0.2) is 4.79 Å². The molecule has 0 saturated carbocycles. The normalized spacial score (nSPS) is 12.9. The van der Waals surface area contributed by atoms with Crippen molar-refractivity contribution in [2.75, 3.05) is 17.2 Å². The van der Waals surface area contributed by atoms with Gasteiger partial charge in [0, 0.05) is 6.54 Å². The Hall–Kier alpha value is -3.61. The number of hydrogen-bond donors (Lipinski definition) is 2. The first kappa shape index (κ1) is 21.6. The Morgan fingerprint density at radius 3 is 2.47 bits per heavy atom. The molecule has 32 heavy (non-hydrogen) atoms. The highest BCUT2D eigenvalue weighted by Gasteiger charge is 2.23. The van der Waals surface area contributed by atoms with Crippen molar-refractivity contribution in [2.24, 2.45) is 0 Å². The number of amides is 1. The van der Waals surface area contributed by atoms with Crippen LogP contribution < -0.4 is 21.9 Å². The summed E-state index contributed by atoms with van der Waals surface area (Å²) in [6.07, 6.45) is 4.65. The molecule has 0 unspecified atom stereocenters. The summed E-state index contributed by atoms with van der Waals surface area (Å²) in [7, 11) is 0. The van der Waals surface area contributed by atoms with Crippen molar-refractivity contribution in [3.05, 3.63) is 91.6 Å². The van der Waals surface area contributed by atoms with Gasteiger partial charge in [0.1, 0.15) is 5.82 Å².